The van der Waals surface area contributed by atoms with Gasteiger partial charge in [0.05, 0.1) is 5.39 Å². The topological polar surface area (TPSA) is 119 Å². The maximum Gasteiger partial charge on any atom is 0.404 e. The molecule has 2 aromatic heterocycles. The Morgan fingerprint density at radius 3 is 2.58 bits per heavy atom. The number of carbonyl (C=O) groups is 1. The smallest absolute Gasteiger partial charge is 0.404 e. The summed E-state index contributed by atoms with van der Waals surface area (Å²) in [5.74, 6) is 0.833. The Morgan fingerprint density at radius 1 is 1.11 bits per heavy atom. The molecule has 5 rings (SSSR count). The quantitative estimate of drug-likeness (QED) is 0.341. The highest BCUT2D eigenvalue weighted by atomic mass is 16.6. The van der Waals surface area contributed by atoms with Gasteiger partial charge in [-0.05, 0) is 62.6 Å². The van der Waals surface area contributed by atoms with Gasteiger partial charge in [0.1, 0.15) is 11.8 Å². The molecule has 3 N–H and O–H groups in total. The molecule has 2 fully saturated rings. The van der Waals surface area contributed by atoms with E-state index in [1.165, 1.54) is 0 Å². The number of ether oxygens (including phenoxy) is 1. The second-order valence-corrected chi connectivity index (χ2v) is 10.7. The lowest BCUT2D eigenvalue weighted by molar-refractivity contribution is 0.0687. The molecular formula is C28H39N7O3. The van der Waals surface area contributed by atoms with Gasteiger partial charge in [0.15, 0.2) is 0 Å². The normalized spacial score (nSPS) is 20.6. The number of likely N-dealkylation sites (N-methyl/N-ethyl adjacent to an activating group) is 1. The summed E-state index contributed by atoms with van der Waals surface area (Å²) < 4.78 is 7.06. The molecular weight excluding hydrogens is 482 g/mol. The first-order chi connectivity index (χ1) is 18.4. The van der Waals surface area contributed by atoms with Crippen molar-refractivity contribution in [2.24, 2.45) is 11.7 Å². The van der Waals surface area contributed by atoms with Crippen LogP contribution in [0.25, 0.3) is 21.8 Å². The number of carbonyl (C=O) groups excluding carboxylic acids is 1. The van der Waals surface area contributed by atoms with Crippen molar-refractivity contribution in [3.63, 3.8) is 0 Å². The number of anilines is 2. The zero-order valence-electron chi connectivity index (χ0n) is 22.5. The van der Waals surface area contributed by atoms with E-state index in [4.69, 9.17) is 15.5 Å². The molecule has 10 nitrogen and oxygen atoms in total. The monoisotopic (exact) mass is 521 g/mol. The van der Waals surface area contributed by atoms with Gasteiger partial charge < -0.3 is 25.6 Å². The molecule has 0 bridgehead atoms. The number of nitrogens with zero attached hydrogens (tertiary/aromatic N) is 5. The minimum atomic E-state index is -0.721. The van der Waals surface area contributed by atoms with E-state index in [-0.39, 0.29) is 17.6 Å². The third-order valence-electron chi connectivity index (χ3n) is 7.99. The van der Waals surface area contributed by atoms with Crippen molar-refractivity contribution in [1.29, 1.82) is 0 Å². The number of nitrogens with one attached hydrogen (secondary N) is 1. The van der Waals surface area contributed by atoms with Crippen LogP contribution in [0.5, 0.6) is 0 Å². The molecule has 0 atom stereocenters. The van der Waals surface area contributed by atoms with Crippen molar-refractivity contribution in [2.45, 2.75) is 58.1 Å². The van der Waals surface area contributed by atoms with E-state index in [1.54, 1.807) is 0 Å². The van der Waals surface area contributed by atoms with Crippen molar-refractivity contribution in [2.75, 3.05) is 50.0 Å². The number of fused-ring (bicyclic) bond motifs is 3. The molecule has 204 valence electrons. The molecule has 3 aromatic rings. The molecule has 1 aromatic carbocycles. The summed E-state index contributed by atoms with van der Waals surface area (Å²) in [6.45, 7) is 7.39. The van der Waals surface area contributed by atoms with Gasteiger partial charge in [-0.25, -0.2) is 9.78 Å². The van der Waals surface area contributed by atoms with Gasteiger partial charge in [-0.3, -0.25) is 9.36 Å². The average Bonchev–Trinajstić information content (AvgIpc) is 2.92. The fourth-order valence-corrected chi connectivity index (χ4v) is 5.70. The molecule has 3 heterocycles. The van der Waals surface area contributed by atoms with E-state index < -0.39 is 6.09 Å². The lowest BCUT2D eigenvalue weighted by atomic mass is 9.87. The number of hydrogen-bond donors (Lipinski definition) is 2. The molecule has 1 saturated carbocycles. The maximum atomic E-state index is 14.1. The molecule has 10 heteroatoms. The van der Waals surface area contributed by atoms with Gasteiger partial charge in [0.2, 0.25) is 5.95 Å². The van der Waals surface area contributed by atoms with Crippen LogP contribution in [0.3, 0.4) is 0 Å². The first kappa shape index (κ1) is 26.2. The number of benzene rings is 1. The number of primary amides is 1. The zero-order valence-corrected chi connectivity index (χ0v) is 22.5. The molecule has 1 aliphatic carbocycles. The Bertz CT molecular complexity index is 1340. The fourth-order valence-electron chi connectivity index (χ4n) is 5.70. The number of amides is 1. The van der Waals surface area contributed by atoms with Crippen LogP contribution < -0.4 is 21.5 Å². The Balaban J connectivity index is 1.52. The number of unbranched alkanes of at least 4 members (excludes halogenated alkanes) is 1. The van der Waals surface area contributed by atoms with E-state index in [0.717, 1.165) is 87.7 Å². The van der Waals surface area contributed by atoms with Gasteiger partial charge in [-0.1, -0.05) is 19.4 Å². The minimum Gasteiger partial charge on any atom is -0.446 e. The van der Waals surface area contributed by atoms with Crippen LogP contribution in [0.1, 0.15) is 45.4 Å². The van der Waals surface area contributed by atoms with Crippen molar-refractivity contribution in [3.8, 4) is 0 Å². The fraction of sp³-hybridized carbons (Fsp3) is 0.571. The first-order valence-corrected chi connectivity index (χ1v) is 13.9. The molecule has 2 aliphatic rings. The van der Waals surface area contributed by atoms with Crippen molar-refractivity contribution in [3.05, 3.63) is 34.7 Å². The van der Waals surface area contributed by atoms with Gasteiger partial charge >= 0.3 is 6.09 Å². The van der Waals surface area contributed by atoms with Crippen molar-refractivity contribution < 1.29 is 9.53 Å². The highest BCUT2D eigenvalue weighted by Gasteiger charge is 2.25. The maximum absolute atomic E-state index is 14.1. The van der Waals surface area contributed by atoms with Crippen LogP contribution in [0.2, 0.25) is 0 Å². The SMILES string of the molecule is CCCCNc1ncc2c3ccc(N4CCN(C)CC4)cc3c(=O)n(CC3CCC(OC(N)=O)CC3)c2n1. The lowest BCUT2D eigenvalue weighted by Gasteiger charge is -2.34. The predicted octanol–water partition coefficient (Wildman–Crippen LogP) is 3.56. The van der Waals surface area contributed by atoms with Crippen LogP contribution in [0, 0.1) is 5.92 Å². The highest BCUT2D eigenvalue weighted by molar-refractivity contribution is 6.05. The van der Waals surface area contributed by atoms with Crippen molar-refractivity contribution >= 4 is 39.5 Å². The van der Waals surface area contributed by atoms with Gasteiger partial charge in [-0.15, -0.1) is 0 Å². The Labute approximate surface area is 223 Å². The summed E-state index contributed by atoms with van der Waals surface area (Å²) in [6.07, 6.45) is 6.31. The standard InChI is InChI=1S/C28H39N7O3/c1-3-4-11-30-28-31-17-24-22-10-7-20(34-14-12-33(2)13-15-34)16-23(22)26(36)35(25(24)32-28)18-19-5-8-21(9-6-19)38-27(29)37/h7,10,16-17,19,21H,3-6,8-9,11-15,18H2,1-2H3,(H2,29,37)(H,30,31,32). The van der Waals surface area contributed by atoms with Gasteiger partial charge in [-0.2, -0.15) is 4.98 Å². The van der Waals surface area contributed by atoms with Crippen LogP contribution in [0.4, 0.5) is 16.4 Å². The van der Waals surface area contributed by atoms with Gasteiger partial charge in [0, 0.05) is 56.5 Å². The van der Waals surface area contributed by atoms with Gasteiger partial charge in [0.25, 0.3) is 5.56 Å². The summed E-state index contributed by atoms with van der Waals surface area (Å²) in [7, 11) is 2.14. The summed E-state index contributed by atoms with van der Waals surface area (Å²) in [5, 5.41) is 5.78. The second-order valence-electron chi connectivity index (χ2n) is 10.7. The number of aromatic nitrogens is 3. The number of pyridine rings is 1. The van der Waals surface area contributed by atoms with E-state index in [9.17, 15) is 9.59 Å². The minimum absolute atomic E-state index is 0.0165. The van der Waals surface area contributed by atoms with E-state index in [0.29, 0.717) is 23.5 Å². The largest absolute Gasteiger partial charge is 0.446 e. The third-order valence-corrected chi connectivity index (χ3v) is 7.99. The average molecular weight is 522 g/mol. The first-order valence-electron chi connectivity index (χ1n) is 13.9. The zero-order chi connectivity index (χ0) is 26.6. The Morgan fingerprint density at radius 2 is 1.87 bits per heavy atom. The summed E-state index contributed by atoms with van der Waals surface area (Å²) in [5.41, 5.74) is 6.94. The number of rotatable bonds is 8. The molecule has 38 heavy (non-hydrogen) atoms. The van der Waals surface area contributed by atoms with Crippen LogP contribution >= 0.6 is 0 Å². The van der Waals surface area contributed by atoms with E-state index in [2.05, 4.69) is 46.2 Å². The third kappa shape index (κ3) is 5.70. The van der Waals surface area contributed by atoms with E-state index in [1.807, 2.05) is 16.8 Å². The predicted molar refractivity (Wildman–Crippen MR) is 151 cm³/mol. The van der Waals surface area contributed by atoms with Crippen LogP contribution in [-0.2, 0) is 11.3 Å². The van der Waals surface area contributed by atoms with Crippen LogP contribution in [0.15, 0.2) is 29.2 Å². The lowest BCUT2D eigenvalue weighted by Crippen LogP contribution is -2.44. The van der Waals surface area contributed by atoms with E-state index >= 15 is 0 Å². The Hall–Kier alpha value is -3.40. The summed E-state index contributed by atoms with van der Waals surface area (Å²) in [4.78, 5) is 39.3. The van der Waals surface area contributed by atoms with Crippen LogP contribution in [-0.4, -0.2) is 71.4 Å². The molecule has 0 spiro atoms. The molecule has 0 radical (unpaired) electrons. The molecule has 1 aliphatic heterocycles. The number of hydrogen-bond acceptors (Lipinski definition) is 8. The van der Waals surface area contributed by atoms with Crippen molar-refractivity contribution in [1.82, 2.24) is 19.4 Å². The highest BCUT2D eigenvalue weighted by Crippen LogP contribution is 2.30. The molecule has 1 saturated heterocycles. The molecule has 1 amide bonds. The summed E-state index contributed by atoms with van der Waals surface area (Å²) >= 11 is 0. The number of nitrogens with two attached hydrogens (primary N) is 1. The number of piperazine rings is 1. The molecule has 0 unspecified atom stereocenters. The second kappa shape index (κ2) is 11.6. The summed E-state index contributed by atoms with van der Waals surface area (Å²) in [6, 6.07) is 6.21. The Kier molecular flexibility index (Phi) is 7.97.